The van der Waals surface area contributed by atoms with Gasteiger partial charge >= 0.3 is 0 Å². The van der Waals surface area contributed by atoms with Crippen LogP contribution in [0, 0.1) is 0 Å². The molecule has 2 rings (SSSR count). The molecule has 0 N–H and O–H groups in total. The maximum Gasteiger partial charge on any atom is 0.194 e. The van der Waals surface area contributed by atoms with Crippen molar-refractivity contribution in [1.29, 1.82) is 0 Å². The molecule has 0 atom stereocenters. The Kier molecular flexibility index (Phi) is 4.66. The Hall–Kier alpha value is -0.840. The molecular weight excluding hydrogens is 395 g/mol. The molecule has 0 amide bonds. The Morgan fingerprint density at radius 2 is 1.84 bits per heavy atom. The van der Waals surface area contributed by atoms with E-state index in [1.807, 2.05) is 0 Å². The third-order valence-electron chi connectivity index (χ3n) is 2.59. The summed E-state index contributed by atoms with van der Waals surface area (Å²) in [5, 5.41) is 0.583. The van der Waals surface area contributed by atoms with Crippen molar-refractivity contribution in [2.75, 3.05) is 7.11 Å². The van der Waals surface area contributed by atoms with E-state index in [1.165, 1.54) is 0 Å². The number of ether oxygens (including phenoxy) is 1. The van der Waals surface area contributed by atoms with Gasteiger partial charge in [0.15, 0.2) is 5.78 Å². The molecule has 0 fully saturated rings. The minimum atomic E-state index is -0.0769. The van der Waals surface area contributed by atoms with Gasteiger partial charge in [0.2, 0.25) is 0 Å². The van der Waals surface area contributed by atoms with Crippen LogP contribution in [0.1, 0.15) is 15.9 Å². The summed E-state index contributed by atoms with van der Waals surface area (Å²) in [7, 11) is 1.58. The van der Waals surface area contributed by atoms with Crippen LogP contribution >= 0.6 is 43.5 Å². The number of benzene rings is 2. The smallest absolute Gasteiger partial charge is 0.194 e. The molecule has 0 heterocycles. The van der Waals surface area contributed by atoms with E-state index in [4.69, 9.17) is 16.3 Å². The average molecular weight is 404 g/mol. The van der Waals surface area contributed by atoms with Gasteiger partial charge in [-0.3, -0.25) is 4.79 Å². The molecule has 98 valence electrons. The lowest BCUT2D eigenvalue weighted by atomic mass is 10.0. The number of hydrogen-bond donors (Lipinski definition) is 0. The Bertz CT molecular complexity index is 641. The van der Waals surface area contributed by atoms with E-state index in [2.05, 4.69) is 31.9 Å². The fourth-order valence-electron chi connectivity index (χ4n) is 1.64. The summed E-state index contributed by atoms with van der Waals surface area (Å²) in [6.07, 6.45) is 0. The summed E-state index contributed by atoms with van der Waals surface area (Å²) in [6, 6.07) is 10.3. The Labute approximate surface area is 133 Å². The number of ketones is 1. The fourth-order valence-corrected chi connectivity index (χ4v) is 3.04. The zero-order chi connectivity index (χ0) is 14.0. The molecule has 0 aliphatic rings. The van der Waals surface area contributed by atoms with Crippen molar-refractivity contribution >= 4 is 49.2 Å². The van der Waals surface area contributed by atoms with E-state index >= 15 is 0 Å². The van der Waals surface area contributed by atoms with E-state index < -0.39 is 0 Å². The topological polar surface area (TPSA) is 26.3 Å². The largest absolute Gasteiger partial charge is 0.496 e. The van der Waals surface area contributed by atoms with Crippen LogP contribution in [0.3, 0.4) is 0 Å². The summed E-state index contributed by atoms with van der Waals surface area (Å²) in [4.78, 5) is 12.4. The van der Waals surface area contributed by atoms with Crippen molar-refractivity contribution in [3.8, 4) is 5.75 Å². The van der Waals surface area contributed by atoms with Gasteiger partial charge in [-0.2, -0.15) is 0 Å². The van der Waals surface area contributed by atoms with Crippen LogP contribution in [-0.4, -0.2) is 12.9 Å². The summed E-state index contributed by atoms with van der Waals surface area (Å²) < 4.78 is 6.56. The van der Waals surface area contributed by atoms with E-state index in [-0.39, 0.29) is 5.78 Å². The minimum absolute atomic E-state index is 0.0769. The van der Waals surface area contributed by atoms with E-state index in [0.717, 1.165) is 4.47 Å². The summed E-state index contributed by atoms with van der Waals surface area (Å²) >= 11 is 12.6. The van der Waals surface area contributed by atoms with Crippen molar-refractivity contribution in [3.63, 3.8) is 0 Å². The molecule has 2 aromatic rings. The van der Waals surface area contributed by atoms with Crippen LogP contribution in [0.15, 0.2) is 45.3 Å². The predicted octanol–water partition coefficient (Wildman–Crippen LogP) is 5.10. The minimum Gasteiger partial charge on any atom is -0.496 e. The number of hydrogen-bond acceptors (Lipinski definition) is 2. The second-order valence-corrected chi connectivity index (χ2v) is 5.95. The van der Waals surface area contributed by atoms with Crippen LogP contribution in [0.2, 0.25) is 5.02 Å². The van der Waals surface area contributed by atoms with Gasteiger partial charge in [-0.05, 0) is 68.3 Å². The molecule has 0 spiro atoms. The molecule has 0 aliphatic heterocycles. The van der Waals surface area contributed by atoms with Crippen molar-refractivity contribution in [2.24, 2.45) is 0 Å². The monoisotopic (exact) mass is 402 g/mol. The molecule has 5 heteroatoms. The van der Waals surface area contributed by atoms with Gasteiger partial charge in [0.05, 0.1) is 11.6 Å². The van der Waals surface area contributed by atoms with Crippen molar-refractivity contribution in [2.45, 2.75) is 0 Å². The summed E-state index contributed by atoms with van der Waals surface area (Å²) in [5.74, 6) is 0.610. The van der Waals surface area contributed by atoms with Crippen molar-refractivity contribution < 1.29 is 9.53 Å². The van der Waals surface area contributed by atoms with E-state index in [9.17, 15) is 4.79 Å². The molecule has 0 saturated heterocycles. The summed E-state index contributed by atoms with van der Waals surface area (Å²) in [5.41, 5.74) is 1.15. The summed E-state index contributed by atoms with van der Waals surface area (Å²) in [6.45, 7) is 0. The number of methoxy groups -OCH3 is 1. The highest BCUT2D eigenvalue weighted by molar-refractivity contribution is 9.10. The van der Waals surface area contributed by atoms with Gasteiger partial charge in [0.1, 0.15) is 5.75 Å². The van der Waals surface area contributed by atoms with Gasteiger partial charge in [0.25, 0.3) is 0 Å². The normalized spacial score (nSPS) is 10.3. The highest BCUT2D eigenvalue weighted by Gasteiger charge is 2.14. The van der Waals surface area contributed by atoms with E-state index in [1.54, 1.807) is 43.5 Å². The van der Waals surface area contributed by atoms with Crippen LogP contribution < -0.4 is 4.74 Å². The lowest BCUT2D eigenvalue weighted by Gasteiger charge is -2.07. The van der Waals surface area contributed by atoms with Crippen LogP contribution in [-0.2, 0) is 0 Å². The molecule has 0 saturated carbocycles. The molecule has 19 heavy (non-hydrogen) atoms. The highest BCUT2D eigenvalue weighted by Crippen LogP contribution is 2.28. The molecule has 0 unspecified atom stereocenters. The average Bonchev–Trinajstić information content (AvgIpc) is 2.38. The van der Waals surface area contributed by atoms with Gasteiger partial charge in [0, 0.05) is 20.6 Å². The first-order valence-corrected chi connectivity index (χ1v) is 7.32. The second kappa shape index (κ2) is 6.07. The van der Waals surface area contributed by atoms with Crippen molar-refractivity contribution in [3.05, 3.63) is 61.5 Å². The Morgan fingerprint density at radius 1 is 1.11 bits per heavy atom. The Balaban J connectivity index is 2.41. The number of carbonyl (C=O) groups excluding carboxylic acids is 1. The Morgan fingerprint density at radius 3 is 2.42 bits per heavy atom. The molecular formula is C14H9Br2ClO2. The zero-order valence-corrected chi connectivity index (χ0v) is 13.8. The third-order valence-corrected chi connectivity index (χ3v) is 4.10. The zero-order valence-electron chi connectivity index (χ0n) is 9.91. The van der Waals surface area contributed by atoms with Crippen LogP contribution in [0.25, 0.3) is 0 Å². The lowest BCUT2D eigenvalue weighted by Crippen LogP contribution is -2.02. The van der Waals surface area contributed by atoms with Gasteiger partial charge < -0.3 is 4.74 Å². The molecule has 0 aliphatic carbocycles. The number of carbonyl (C=O) groups is 1. The predicted molar refractivity (Wildman–Crippen MR) is 83.3 cm³/mol. The third kappa shape index (κ3) is 3.19. The first-order valence-electron chi connectivity index (χ1n) is 5.36. The standard InChI is InChI=1S/C14H9Br2ClO2/c1-19-13-5-2-8(6-12(13)16)14(18)10-4-3-9(17)7-11(10)15/h2-7H,1H3. The second-order valence-electron chi connectivity index (χ2n) is 3.80. The molecule has 0 aromatic heterocycles. The lowest BCUT2D eigenvalue weighted by molar-refractivity contribution is 0.103. The first-order chi connectivity index (χ1) is 9.02. The van der Waals surface area contributed by atoms with Gasteiger partial charge in [-0.25, -0.2) is 0 Å². The maximum atomic E-state index is 12.4. The van der Waals surface area contributed by atoms with Crippen LogP contribution in [0.5, 0.6) is 5.75 Å². The molecule has 2 aromatic carbocycles. The fraction of sp³-hybridized carbons (Fsp3) is 0.0714. The van der Waals surface area contributed by atoms with Gasteiger partial charge in [-0.15, -0.1) is 0 Å². The number of halogens is 3. The SMILES string of the molecule is COc1ccc(C(=O)c2ccc(Cl)cc2Br)cc1Br. The number of rotatable bonds is 3. The van der Waals surface area contributed by atoms with Gasteiger partial charge in [-0.1, -0.05) is 11.6 Å². The van der Waals surface area contributed by atoms with Crippen LogP contribution in [0.4, 0.5) is 0 Å². The van der Waals surface area contributed by atoms with E-state index in [0.29, 0.717) is 26.4 Å². The molecule has 0 radical (unpaired) electrons. The highest BCUT2D eigenvalue weighted by atomic mass is 79.9. The van der Waals surface area contributed by atoms with Crippen molar-refractivity contribution in [1.82, 2.24) is 0 Å². The molecule has 0 bridgehead atoms. The molecule has 2 nitrogen and oxygen atoms in total. The quantitative estimate of drug-likeness (QED) is 0.665. The first kappa shape index (κ1) is 14.6. The maximum absolute atomic E-state index is 12.4.